The number of hydrogen-bond donors (Lipinski definition) is 0. The first-order valence-electron chi connectivity index (χ1n) is 19.2. The molecule has 0 spiro atoms. The van der Waals surface area contributed by atoms with Crippen molar-refractivity contribution in [2.45, 2.75) is 94.9 Å². The minimum atomic E-state index is -0.942. The van der Waals surface area contributed by atoms with Gasteiger partial charge in [-0.15, -0.1) is 20.2 Å². The molecule has 18 nitrogen and oxygen atoms in total. The number of likely N-dealkylation sites (tertiary alicyclic amines) is 1. The van der Waals surface area contributed by atoms with Crippen LogP contribution in [0.4, 0.5) is 5.69 Å². The fourth-order valence-corrected chi connectivity index (χ4v) is 7.13. The molecule has 308 valence electrons. The molecule has 3 atom stereocenters. The van der Waals surface area contributed by atoms with Crippen molar-refractivity contribution < 1.29 is 57.9 Å². The standard InChI is InChI=1S/C38H52N4O14/c1-49-20-7-18-39-19-23-50-33-17-12-28(24-32(33)39)27-51-34-25-40(36(43)10-5-21-52-41(45)46)26-35(56-37(44)11-6-22-53-42(47)48)38(34)55-31-15-13-30(14-16-31)54-29-8-3-2-4-9-29/h2-4,8-9,12,17,24,30-31,34-35,38H,5-7,10-11,13-16,18-23,25-27H2,1H3. The molecular weight excluding hydrogens is 736 g/mol. The van der Waals surface area contributed by atoms with E-state index in [9.17, 15) is 29.8 Å². The maximum Gasteiger partial charge on any atom is 0.306 e. The zero-order valence-electron chi connectivity index (χ0n) is 31.7. The maximum absolute atomic E-state index is 13.5. The Morgan fingerprint density at radius 3 is 2.27 bits per heavy atom. The van der Waals surface area contributed by atoms with E-state index in [-0.39, 0.29) is 76.7 Å². The molecule has 0 radical (unpaired) electrons. The van der Waals surface area contributed by atoms with Crippen LogP contribution in [0.3, 0.4) is 0 Å². The third kappa shape index (κ3) is 13.4. The van der Waals surface area contributed by atoms with Gasteiger partial charge in [-0.25, -0.2) is 0 Å². The summed E-state index contributed by atoms with van der Waals surface area (Å²) in [6.07, 6.45) is 1.02. The fourth-order valence-electron chi connectivity index (χ4n) is 7.13. The molecule has 3 unspecified atom stereocenters. The molecule has 1 aliphatic carbocycles. The van der Waals surface area contributed by atoms with Crippen molar-refractivity contribution in [3.05, 3.63) is 74.3 Å². The number of fused-ring (bicyclic) bond motifs is 1. The molecule has 1 saturated heterocycles. The molecule has 3 aliphatic rings. The lowest BCUT2D eigenvalue weighted by Crippen LogP contribution is -2.60. The number of rotatable bonds is 22. The lowest BCUT2D eigenvalue weighted by atomic mass is 9.93. The highest BCUT2D eigenvalue weighted by Gasteiger charge is 2.44. The smallest absolute Gasteiger partial charge is 0.306 e. The Morgan fingerprint density at radius 1 is 0.857 bits per heavy atom. The zero-order valence-corrected chi connectivity index (χ0v) is 31.7. The van der Waals surface area contributed by atoms with Gasteiger partial charge in [0, 0.05) is 39.6 Å². The van der Waals surface area contributed by atoms with Gasteiger partial charge in [0.1, 0.15) is 36.4 Å². The minimum Gasteiger partial charge on any atom is -0.490 e. The molecule has 1 saturated carbocycles. The average Bonchev–Trinajstić information content (AvgIpc) is 3.19. The third-order valence-electron chi connectivity index (χ3n) is 9.86. The van der Waals surface area contributed by atoms with Crippen LogP contribution in [0, 0.1) is 20.2 Å². The lowest BCUT2D eigenvalue weighted by Gasteiger charge is -2.44. The topological polar surface area (TPSA) is 201 Å². The first-order chi connectivity index (χ1) is 27.2. The zero-order chi connectivity index (χ0) is 39.7. The van der Waals surface area contributed by atoms with Gasteiger partial charge in [0.2, 0.25) is 5.91 Å². The minimum absolute atomic E-state index is 0.00429. The van der Waals surface area contributed by atoms with Gasteiger partial charge in [-0.1, -0.05) is 24.3 Å². The van der Waals surface area contributed by atoms with Gasteiger partial charge in [0.05, 0.1) is 50.8 Å². The number of esters is 1. The first kappa shape index (κ1) is 42.2. The van der Waals surface area contributed by atoms with Crippen molar-refractivity contribution in [2.75, 3.05) is 64.6 Å². The predicted octanol–water partition coefficient (Wildman–Crippen LogP) is 4.31. The van der Waals surface area contributed by atoms with Crippen LogP contribution in [0.15, 0.2) is 48.5 Å². The van der Waals surface area contributed by atoms with E-state index >= 15 is 0 Å². The first-order valence-corrected chi connectivity index (χ1v) is 19.2. The van der Waals surface area contributed by atoms with Gasteiger partial charge in [0.15, 0.2) is 0 Å². The summed E-state index contributed by atoms with van der Waals surface area (Å²) in [6.45, 7) is 2.47. The van der Waals surface area contributed by atoms with Gasteiger partial charge >= 0.3 is 5.97 Å². The fraction of sp³-hybridized carbons (Fsp3) is 0.632. The van der Waals surface area contributed by atoms with E-state index in [1.165, 1.54) is 4.90 Å². The lowest BCUT2D eigenvalue weighted by molar-refractivity contribution is -0.757. The quantitative estimate of drug-likeness (QED) is 0.0707. The van der Waals surface area contributed by atoms with Crippen LogP contribution in [0.1, 0.15) is 63.4 Å². The van der Waals surface area contributed by atoms with Gasteiger partial charge in [-0.3, -0.25) is 9.59 Å². The van der Waals surface area contributed by atoms with E-state index in [0.29, 0.717) is 26.1 Å². The van der Waals surface area contributed by atoms with Crippen LogP contribution in [0.5, 0.6) is 11.5 Å². The molecule has 1 amide bonds. The molecular formula is C38H52N4O14. The molecule has 2 aliphatic heterocycles. The largest absolute Gasteiger partial charge is 0.490 e. The van der Waals surface area contributed by atoms with E-state index in [4.69, 9.17) is 28.4 Å². The number of hydrogen-bond acceptors (Lipinski definition) is 15. The van der Waals surface area contributed by atoms with Crippen LogP contribution in [0.2, 0.25) is 0 Å². The van der Waals surface area contributed by atoms with Crippen LogP contribution >= 0.6 is 0 Å². The number of piperidine rings is 1. The molecule has 56 heavy (non-hydrogen) atoms. The van der Waals surface area contributed by atoms with E-state index < -0.39 is 34.5 Å². The van der Waals surface area contributed by atoms with Crippen molar-refractivity contribution >= 4 is 17.6 Å². The number of amides is 1. The summed E-state index contributed by atoms with van der Waals surface area (Å²) >= 11 is 0. The monoisotopic (exact) mass is 788 g/mol. The second kappa shape index (κ2) is 22.0. The highest BCUT2D eigenvalue weighted by atomic mass is 17.0. The number of benzene rings is 2. The van der Waals surface area contributed by atoms with Crippen molar-refractivity contribution in [1.82, 2.24) is 4.90 Å². The maximum atomic E-state index is 13.5. The molecule has 5 rings (SSSR count). The number of anilines is 1. The second-order valence-electron chi connectivity index (χ2n) is 13.9. The van der Waals surface area contributed by atoms with Crippen molar-refractivity contribution in [2.24, 2.45) is 0 Å². The number of carbonyl (C=O) groups excluding carboxylic acids is 2. The molecule has 0 bridgehead atoms. The van der Waals surface area contributed by atoms with Crippen molar-refractivity contribution in [1.29, 1.82) is 0 Å². The number of nitrogens with zero attached hydrogens (tertiary/aromatic N) is 4. The molecule has 2 heterocycles. The Bertz CT molecular complexity index is 1560. The van der Waals surface area contributed by atoms with Gasteiger partial charge in [-0.2, -0.15) is 0 Å². The van der Waals surface area contributed by atoms with Gasteiger partial charge in [-0.05, 0) is 74.8 Å². The van der Waals surface area contributed by atoms with Gasteiger partial charge in [0.25, 0.3) is 10.2 Å². The van der Waals surface area contributed by atoms with Crippen molar-refractivity contribution in [3.63, 3.8) is 0 Å². The van der Waals surface area contributed by atoms with E-state index in [1.807, 2.05) is 48.5 Å². The van der Waals surface area contributed by atoms with Crippen LogP contribution in [-0.4, -0.2) is 117 Å². The Labute approximate surface area is 325 Å². The van der Waals surface area contributed by atoms with Crippen LogP contribution < -0.4 is 14.4 Å². The Morgan fingerprint density at radius 2 is 1.55 bits per heavy atom. The average molecular weight is 789 g/mol. The summed E-state index contributed by atoms with van der Waals surface area (Å²) in [7, 11) is 1.68. The van der Waals surface area contributed by atoms with Crippen LogP contribution in [-0.2, 0) is 44.8 Å². The Balaban J connectivity index is 1.33. The molecule has 0 aromatic heterocycles. The normalized spacial score (nSPS) is 22.0. The number of ether oxygens (including phenoxy) is 6. The van der Waals surface area contributed by atoms with Crippen molar-refractivity contribution in [3.8, 4) is 11.5 Å². The second-order valence-corrected chi connectivity index (χ2v) is 13.9. The van der Waals surface area contributed by atoms with E-state index in [2.05, 4.69) is 14.6 Å². The van der Waals surface area contributed by atoms with E-state index in [1.54, 1.807) is 7.11 Å². The molecule has 18 heteroatoms. The summed E-state index contributed by atoms with van der Waals surface area (Å²) in [6, 6.07) is 15.5. The Kier molecular flexibility index (Phi) is 16.6. The molecule has 2 fully saturated rings. The molecule has 0 N–H and O–H groups in total. The van der Waals surface area contributed by atoms with Crippen LogP contribution in [0.25, 0.3) is 0 Å². The summed E-state index contributed by atoms with van der Waals surface area (Å²) in [5, 5.41) is 19.4. The highest BCUT2D eigenvalue weighted by molar-refractivity contribution is 5.76. The molecule has 2 aromatic rings. The number of methoxy groups -OCH3 is 1. The highest BCUT2D eigenvalue weighted by Crippen LogP contribution is 2.34. The number of carbonyl (C=O) groups is 2. The summed E-state index contributed by atoms with van der Waals surface area (Å²) in [5.74, 6) is 0.623. The summed E-state index contributed by atoms with van der Waals surface area (Å²) < 4.78 is 36.7. The third-order valence-corrected chi connectivity index (χ3v) is 9.86. The van der Waals surface area contributed by atoms with E-state index in [0.717, 1.165) is 55.1 Å². The SMILES string of the molecule is COCCCN1CCOc2ccc(COC3CN(C(=O)CCCO[N+](=O)[O-])CC(OC(=O)CCCO[N+](=O)[O-])C3OC3CCC(Oc4ccccc4)CC3)cc21. The van der Waals surface area contributed by atoms with Gasteiger partial charge < -0.3 is 47.9 Å². The Hall–Kier alpha value is -4.94. The predicted molar refractivity (Wildman–Crippen MR) is 198 cm³/mol. The molecule has 2 aromatic carbocycles. The summed E-state index contributed by atoms with van der Waals surface area (Å²) in [5.41, 5.74) is 1.81. The number of para-hydroxylation sites is 1. The summed E-state index contributed by atoms with van der Waals surface area (Å²) in [4.78, 5) is 60.4.